The summed E-state index contributed by atoms with van der Waals surface area (Å²) in [6.07, 6.45) is 1.41. The number of carbonyl (C=O) groups is 1. The Balaban J connectivity index is 2.18. The van der Waals surface area contributed by atoms with Crippen molar-refractivity contribution in [2.45, 2.75) is 6.92 Å². The van der Waals surface area contributed by atoms with Gasteiger partial charge in [-0.15, -0.1) is 0 Å². The van der Waals surface area contributed by atoms with Crippen molar-refractivity contribution in [2.75, 3.05) is 5.32 Å². The van der Waals surface area contributed by atoms with Crippen molar-refractivity contribution >= 4 is 11.6 Å². The molecule has 88 valence electrons. The van der Waals surface area contributed by atoms with Crippen LogP contribution in [0.3, 0.4) is 0 Å². The largest absolute Gasteiger partial charge is 0.459 e. The molecular weight excluding hydrogens is 228 g/mol. The zero-order chi connectivity index (χ0) is 12.4. The van der Waals surface area contributed by atoms with Crippen LogP contribution in [-0.2, 0) is 0 Å². The van der Waals surface area contributed by atoms with E-state index in [0.29, 0.717) is 6.07 Å². The topological polar surface area (TPSA) is 42.2 Å². The van der Waals surface area contributed by atoms with Gasteiger partial charge < -0.3 is 9.73 Å². The minimum atomic E-state index is -0.832. The van der Waals surface area contributed by atoms with Gasteiger partial charge in [0, 0.05) is 6.07 Å². The molecule has 0 spiro atoms. The average molecular weight is 237 g/mol. The molecular formula is C12H9F2NO2. The molecule has 1 aromatic heterocycles. The number of amides is 1. The van der Waals surface area contributed by atoms with Crippen molar-refractivity contribution in [2.24, 2.45) is 0 Å². The maximum atomic E-state index is 13.2. The van der Waals surface area contributed by atoms with Crippen LogP contribution in [-0.4, -0.2) is 5.91 Å². The monoisotopic (exact) mass is 237 g/mol. The number of rotatable bonds is 2. The summed E-state index contributed by atoms with van der Waals surface area (Å²) in [5.74, 6) is -2.04. The molecule has 1 N–H and O–H groups in total. The summed E-state index contributed by atoms with van der Waals surface area (Å²) in [6, 6.07) is 4.43. The fraction of sp³-hybridized carbons (Fsp3) is 0.0833. The Morgan fingerprint density at radius 3 is 2.65 bits per heavy atom. The molecule has 0 bridgehead atoms. The molecule has 0 radical (unpaired) electrons. The minimum absolute atomic E-state index is 0.0752. The Kier molecular flexibility index (Phi) is 2.91. The number of hydrogen-bond acceptors (Lipinski definition) is 2. The van der Waals surface area contributed by atoms with Gasteiger partial charge in [-0.2, -0.15) is 0 Å². The molecule has 0 fully saturated rings. The molecule has 2 aromatic rings. The summed E-state index contributed by atoms with van der Waals surface area (Å²) in [4.78, 5) is 11.6. The highest BCUT2D eigenvalue weighted by Crippen LogP contribution is 2.16. The van der Waals surface area contributed by atoms with Crippen LogP contribution in [0.2, 0.25) is 0 Å². The van der Waals surface area contributed by atoms with Crippen LogP contribution in [0.15, 0.2) is 34.9 Å². The number of anilines is 1. The van der Waals surface area contributed by atoms with E-state index in [0.717, 1.165) is 17.7 Å². The van der Waals surface area contributed by atoms with Gasteiger partial charge in [0.1, 0.15) is 11.6 Å². The Morgan fingerprint density at radius 1 is 1.29 bits per heavy atom. The predicted molar refractivity (Wildman–Crippen MR) is 57.8 cm³/mol. The SMILES string of the molecule is Cc1coc(C(=O)Nc2ccc(F)cc2F)c1. The average Bonchev–Trinajstić information content (AvgIpc) is 2.69. The second kappa shape index (κ2) is 4.37. The van der Waals surface area contributed by atoms with E-state index in [1.807, 2.05) is 0 Å². The van der Waals surface area contributed by atoms with E-state index in [1.54, 1.807) is 6.92 Å². The second-order valence-electron chi connectivity index (χ2n) is 3.57. The molecule has 1 heterocycles. The lowest BCUT2D eigenvalue weighted by Crippen LogP contribution is -2.12. The van der Waals surface area contributed by atoms with Gasteiger partial charge in [0.15, 0.2) is 5.76 Å². The minimum Gasteiger partial charge on any atom is -0.459 e. The lowest BCUT2D eigenvalue weighted by Gasteiger charge is -2.04. The highest BCUT2D eigenvalue weighted by molar-refractivity contribution is 6.02. The quantitative estimate of drug-likeness (QED) is 0.871. The number of furan rings is 1. The van der Waals surface area contributed by atoms with Crippen LogP contribution >= 0.6 is 0 Å². The fourth-order valence-corrected chi connectivity index (χ4v) is 1.33. The summed E-state index contributed by atoms with van der Waals surface area (Å²) in [7, 11) is 0. The smallest absolute Gasteiger partial charge is 0.291 e. The van der Waals surface area contributed by atoms with E-state index >= 15 is 0 Å². The fourth-order valence-electron chi connectivity index (χ4n) is 1.33. The Bertz CT molecular complexity index is 563. The van der Waals surface area contributed by atoms with Crippen LogP contribution in [0, 0.1) is 18.6 Å². The normalized spacial score (nSPS) is 10.3. The predicted octanol–water partition coefficient (Wildman–Crippen LogP) is 3.12. The molecule has 0 atom stereocenters. The number of benzene rings is 1. The highest BCUT2D eigenvalue weighted by Gasteiger charge is 2.12. The Labute approximate surface area is 96.1 Å². The van der Waals surface area contributed by atoms with Crippen molar-refractivity contribution in [1.82, 2.24) is 0 Å². The van der Waals surface area contributed by atoms with Crippen LogP contribution in [0.4, 0.5) is 14.5 Å². The van der Waals surface area contributed by atoms with Crippen molar-refractivity contribution in [3.05, 3.63) is 53.5 Å². The van der Waals surface area contributed by atoms with Crippen molar-refractivity contribution < 1.29 is 18.0 Å². The lowest BCUT2D eigenvalue weighted by atomic mass is 10.2. The number of halogens is 2. The first-order chi connectivity index (χ1) is 8.06. The molecule has 1 aromatic carbocycles. The van der Waals surface area contributed by atoms with E-state index in [4.69, 9.17) is 4.42 Å². The number of carbonyl (C=O) groups excluding carboxylic acids is 1. The van der Waals surface area contributed by atoms with Gasteiger partial charge in [0.2, 0.25) is 0 Å². The molecule has 1 amide bonds. The van der Waals surface area contributed by atoms with E-state index < -0.39 is 17.5 Å². The maximum absolute atomic E-state index is 13.2. The Morgan fingerprint density at radius 2 is 2.06 bits per heavy atom. The summed E-state index contributed by atoms with van der Waals surface area (Å²) < 4.78 is 30.8. The molecule has 2 rings (SSSR count). The van der Waals surface area contributed by atoms with Gasteiger partial charge in [-0.3, -0.25) is 4.79 Å². The zero-order valence-corrected chi connectivity index (χ0v) is 8.96. The molecule has 0 saturated carbocycles. The third-order valence-corrected chi connectivity index (χ3v) is 2.13. The molecule has 5 heteroatoms. The standard InChI is InChI=1S/C12H9F2NO2/c1-7-4-11(17-6-7)12(16)15-10-3-2-8(13)5-9(10)14/h2-6H,1H3,(H,15,16). The Hall–Kier alpha value is -2.17. The van der Waals surface area contributed by atoms with Gasteiger partial charge in [0.05, 0.1) is 12.0 Å². The number of hydrogen-bond donors (Lipinski definition) is 1. The molecule has 3 nitrogen and oxygen atoms in total. The van der Waals surface area contributed by atoms with E-state index in [9.17, 15) is 13.6 Å². The van der Waals surface area contributed by atoms with Crippen LogP contribution in [0.5, 0.6) is 0 Å². The summed E-state index contributed by atoms with van der Waals surface area (Å²) in [6.45, 7) is 1.76. The van der Waals surface area contributed by atoms with E-state index in [2.05, 4.69) is 5.32 Å². The van der Waals surface area contributed by atoms with Crippen LogP contribution < -0.4 is 5.32 Å². The summed E-state index contributed by atoms with van der Waals surface area (Å²) in [5, 5.41) is 2.29. The molecule has 0 aliphatic heterocycles. The molecule has 0 aliphatic carbocycles. The van der Waals surface area contributed by atoms with Gasteiger partial charge in [-0.05, 0) is 30.7 Å². The second-order valence-corrected chi connectivity index (χ2v) is 3.57. The molecule has 0 aliphatic rings. The van der Waals surface area contributed by atoms with Gasteiger partial charge in [-0.25, -0.2) is 8.78 Å². The molecule has 17 heavy (non-hydrogen) atoms. The first kappa shape index (κ1) is 11.3. The molecule has 0 saturated heterocycles. The highest BCUT2D eigenvalue weighted by atomic mass is 19.1. The van der Waals surface area contributed by atoms with E-state index in [1.165, 1.54) is 12.3 Å². The third-order valence-electron chi connectivity index (χ3n) is 2.13. The van der Waals surface area contributed by atoms with Crippen molar-refractivity contribution in [3.63, 3.8) is 0 Å². The van der Waals surface area contributed by atoms with E-state index in [-0.39, 0.29) is 11.4 Å². The maximum Gasteiger partial charge on any atom is 0.291 e. The zero-order valence-electron chi connectivity index (χ0n) is 8.96. The van der Waals surface area contributed by atoms with Crippen molar-refractivity contribution in [1.29, 1.82) is 0 Å². The van der Waals surface area contributed by atoms with Gasteiger partial charge in [-0.1, -0.05) is 0 Å². The van der Waals surface area contributed by atoms with Crippen LogP contribution in [0.25, 0.3) is 0 Å². The lowest BCUT2D eigenvalue weighted by molar-refractivity contribution is 0.0996. The number of nitrogens with one attached hydrogen (secondary N) is 1. The first-order valence-electron chi connectivity index (χ1n) is 4.88. The number of aryl methyl sites for hydroxylation is 1. The molecule has 0 unspecified atom stereocenters. The van der Waals surface area contributed by atoms with Gasteiger partial charge >= 0.3 is 0 Å². The van der Waals surface area contributed by atoms with Crippen LogP contribution in [0.1, 0.15) is 16.1 Å². The summed E-state index contributed by atoms with van der Waals surface area (Å²) >= 11 is 0. The summed E-state index contributed by atoms with van der Waals surface area (Å²) in [5.41, 5.74) is 0.695. The first-order valence-corrected chi connectivity index (χ1v) is 4.88. The van der Waals surface area contributed by atoms with Gasteiger partial charge in [0.25, 0.3) is 5.91 Å². The third kappa shape index (κ3) is 2.50. The van der Waals surface area contributed by atoms with Crippen molar-refractivity contribution in [3.8, 4) is 0 Å².